The lowest BCUT2D eigenvalue weighted by Crippen LogP contribution is -2.22. The molecule has 0 heterocycles. The summed E-state index contributed by atoms with van der Waals surface area (Å²) >= 11 is 0. The molecular weight excluding hydrogens is 821 g/mol. The van der Waals surface area contributed by atoms with Gasteiger partial charge in [0, 0.05) is 40.1 Å². The molecule has 0 radical (unpaired) electrons. The summed E-state index contributed by atoms with van der Waals surface area (Å²) in [6.45, 7) is 8.18. The Kier molecular flexibility index (Phi) is 13.0. The molecule has 8 aromatic carbocycles. The van der Waals surface area contributed by atoms with E-state index in [2.05, 4.69) is 266 Å². The van der Waals surface area contributed by atoms with Crippen LogP contribution in [0.3, 0.4) is 0 Å². The van der Waals surface area contributed by atoms with Crippen molar-refractivity contribution < 1.29 is 0 Å². The molecule has 0 N–H and O–H groups in total. The van der Waals surface area contributed by atoms with E-state index < -0.39 is 0 Å². The zero-order chi connectivity index (χ0) is 46.1. The molecule has 8 aromatic rings. The number of anilines is 4. The van der Waals surface area contributed by atoms with Crippen LogP contribution in [-0.4, -0.2) is 0 Å². The Morgan fingerprint density at radius 1 is 0.456 bits per heavy atom. The van der Waals surface area contributed by atoms with Crippen LogP contribution in [0, 0.1) is 0 Å². The number of allylic oxidation sites excluding steroid dienone is 11. The molecule has 1 unspecified atom stereocenters. The molecule has 0 fully saturated rings. The van der Waals surface area contributed by atoms with Crippen molar-refractivity contribution in [3.8, 4) is 44.5 Å². The van der Waals surface area contributed by atoms with E-state index >= 15 is 0 Å². The van der Waals surface area contributed by atoms with Crippen LogP contribution in [0.5, 0.6) is 0 Å². The molecule has 0 saturated heterocycles. The summed E-state index contributed by atoms with van der Waals surface area (Å²) in [5, 5.41) is 0. The van der Waals surface area contributed by atoms with Crippen molar-refractivity contribution in [2.24, 2.45) is 0 Å². The average Bonchev–Trinajstić information content (AvgIpc) is 3.42. The first-order chi connectivity index (χ1) is 33.6. The van der Waals surface area contributed by atoms with Gasteiger partial charge in [0.1, 0.15) is 0 Å². The first kappa shape index (κ1) is 43.4. The lowest BCUT2D eigenvalue weighted by Gasteiger charge is -2.30. The van der Waals surface area contributed by atoms with Crippen LogP contribution in [0.15, 0.2) is 285 Å². The van der Waals surface area contributed by atoms with Crippen LogP contribution in [0.1, 0.15) is 36.3 Å². The molecule has 0 aromatic heterocycles. The monoisotopic (exact) mass is 874 g/mol. The van der Waals surface area contributed by atoms with Crippen molar-refractivity contribution in [1.82, 2.24) is 0 Å². The molecular formula is C66H54N2. The third kappa shape index (κ3) is 9.45. The van der Waals surface area contributed by atoms with Crippen LogP contribution >= 0.6 is 0 Å². The van der Waals surface area contributed by atoms with Gasteiger partial charge in [-0.1, -0.05) is 207 Å². The number of hydrogen-bond donors (Lipinski definition) is 0. The maximum atomic E-state index is 4.18. The maximum Gasteiger partial charge on any atom is 0.0468 e. The Hall–Kier alpha value is -8.46. The number of hydrogen-bond acceptors (Lipinski definition) is 2. The van der Waals surface area contributed by atoms with Gasteiger partial charge in [0.05, 0.1) is 0 Å². The maximum absolute atomic E-state index is 4.18. The van der Waals surface area contributed by atoms with E-state index in [9.17, 15) is 0 Å². The second-order valence-electron chi connectivity index (χ2n) is 17.3. The summed E-state index contributed by atoms with van der Waals surface area (Å²) in [7, 11) is 0. The highest BCUT2D eigenvalue weighted by molar-refractivity contribution is 5.90. The molecule has 2 aliphatic rings. The van der Waals surface area contributed by atoms with E-state index in [4.69, 9.17) is 0 Å². The van der Waals surface area contributed by atoms with E-state index in [1.165, 1.54) is 66.9 Å². The van der Waals surface area contributed by atoms with E-state index in [0.29, 0.717) is 5.92 Å². The smallest absolute Gasteiger partial charge is 0.0468 e. The van der Waals surface area contributed by atoms with E-state index in [1.807, 2.05) is 18.2 Å². The van der Waals surface area contributed by atoms with Crippen LogP contribution < -0.4 is 9.80 Å². The first-order valence-electron chi connectivity index (χ1n) is 23.6. The summed E-state index contributed by atoms with van der Waals surface area (Å²) in [5.74, 6) is 0.391. The summed E-state index contributed by atoms with van der Waals surface area (Å²) in [6.07, 6.45) is 22.0. The number of para-hydroxylation sites is 1. The highest BCUT2D eigenvalue weighted by atomic mass is 15.2. The first-order valence-corrected chi connectivity index (χ1v) is 23.6. The average molecular weight is 875 g/mol. The Bertz CT molecular complexity index is 3170. The van der Waals surface area contributed by atoms with Crippen molar-refractivity contribution in [2.45, 2.75) is 25.2 Å². The van der Waals surface area contributed by atoms with Gasteiger partial charge in [0.15, 0.2) is 0 Å². The molecule has 2 aliphatic carbocycles. The normalized spacial score (nSPS) is 14.4. The Labute approximate surface area is 402 Å². The lowest BCUT2D eigenvalue weighted by atomic mass is 9.88. The van der Waals surface area contributed by atoms with Crippen molar-refractivity contribution in [3.63, 3.8) is 0 Å². The lowest BCUT2D eigenvalue weighted by molar-refractivity contribution is 0.854. The zero-order valence-corrected chi connectivity index (χ0v) is 38.3. The van der Waals surface area contributed by atoms with E-state index in [-0.39, 0.29) is 0 Å². The molecule has 68 heavy (non-hydrogen) atoms. The number of nitrogens with zero attached hydrogens (tertiary/aromatic N) is 2. The van der Waals surface area contributed by atoms with Crippen molar-refractivity contribution in [1.29, 1.82) is 0 Å². The summed E-state index contributed by atoms with van der Waals surface area (Å²) in [6, 6.07) is 74.8. The summed E-state index contributed by atoms with van der Waals surface area (Å²) in [4.78, 5) is 4.67. The van der Waals surface area contributed by atoms with Gasteiger partial charge in [-0.15, -0.1) is 0 Å². The predicted molar refractivity (Wildman–Crippen MR) is 291 cm³/mol. The summed E-state index contributed by atoms with van der Waals surface area (Å²) in [5.41, 5.74) is 20.1. The Morgan fingerprint density at radius 3 is 1.56 bits per heavy atom. The fourth-order valence-corrected chi connectivity index (χ4v) is 9.54. The minimum atomic E-state index is 0.391. The van der Waals surface area contributed by atoms with Gasteiger partial charge in [-0.25, -0.2) is 0 Å². The predicted octanol–water partition coefficient (Wildman–Crippen LogP) is 18.2. The Balaban J connectivity index is 0.986. The van der Waals surface area contributed by atoms with Crippen LogP contribution in [0.4, 0.5) is 22.7 Å². The highest BCUT2D eigenvalue weighted by Gasteiger charge is 2.21. The van der Waals surface area contributed by atoms with Crippen LogP contribution in [-0.2, 0) is 0 Å². The number of rotatable bonds is 14. The fraction of sp³-hybridized carbons (Fsp3) is 0.0606. The SMILES string of the molecule is C=C/C=C(\C=C)N(C1=CC=C(c2ccc(-c3ccc(N(c4ccccc4)c4ccc(-c5ccccc5)cc4)cc3-c3ccc(C4C=CC=CC4)cc3)cc2)CC1)c1ccc(-c2ccccc2)cc1. The van der Waals surface area contributed by atoms with Gasteiger partial charge in [-0.2, -0.15) is 0 Å². The molecule has 0 bridgehead atoms. The topological polar surface area (TPSA) is 6.48 Å². The minimum Gasteiger partial charge on any atom is -0.314 e. The van der Waals surface area contributed by atoms with Gasteiger partial charge >= 0.3 is 0 Å². The second-order valence-corrected chi connectivity index (χ2v) is 17.3. The molecule has 10 rings (SSSR count). The van der Waals surface area contributed by atoms with Gasteiger partial charge in [-0.05, 0) is 147 Å². The fourth-order valence-electron chi connectivity index (χ4n) is 9.54. The molecule has 2 nitrogen and oxygen atoms in total. The molecule has 0 aliphatic heterocycles. The highest BCUT2D eigenvalue weighted by Crippen LogP contribution is 2.42. The van der Waals surface area contributed by atoms with E-state index in [1.54, 1.807) is 0 Å². The molecule has 0 amide bonds. The number of benzene rings is 8. The quantitative estimate of drug-likeness (QED) is 0.100. The molecule has 2 heteroatoms. The molecule has 0 saturated carbocycles. The third-order valence-electron chi connectivity index (χ3n) is 13.1. The standard InChI is InChI=1S/C66H54N2/c1-3-17-59(4-2)67(61-40-34-54(35-41-61)50-20-11-6-12-21-50)62-42-38-56(39-43-62)53-26-30-57(31-27-53)65-47-46-64(48-66(65)58-32-28-52(29-33-58)49-18-9-5-10-19-49)68(60-24-15-8-16-25-60)63-44-36-55(37-45-63)51-22-13-7-14-23-51/h3-18,20-38,40-42,44-49H,1-2,19,39,43H2/b59-17+. The van der Waals surface area contributed by atoms with Crippen molar-refractivity contribution >= 4 is 28.3 Å². The second kappa shape index (κ2) is 20.4. The Morgan fingerprint density at radius 2 is 0.985 bits per heavy atom. The van der Waals surface area contributed by atoms with Gasteiger partial charge in [0.25, 0.3) is 0 Å². The third-order valence-corrected chi connectivity index (χ3v) is 13.1. The molecule has 328 valence electrons. The van der Waals surface area contributed by atoms with Crippen molar-refractivity contribution in [2.75, 3.05) is 9.80 Å². The minimum absolute atomic E-state index is 0.391. The van der Waals surface area contributed by atoms with Crippen LogP contribution in [0.25, 0.3) is 50.1 Å². The van der Waals surface area contributed by atoms with E-state index in [0.717, 1.165) is 47.7 Å². The van der Waals surface area contributed by atoms with Crippen molar-refractivity contribution in [3.05, 3.63) is 297 Å². The van der Waals surface area contributed by atoms with Gasteiger partial charge in [-0.3, -0.25) is 0 Å². The van der Waals surface area contributed by atoms with Gasteiger partial charge in [0.2, 0.25) is 0 Å². The molecule has 1 atom stereocenters. The zero-order valence-electron chi connectivity index (χ0n) is 38.3. The molecule has 0 spiro atoms. The summed E-state index contributed by atoms with van der Waals surface area (Å²) < 4.78 is 0. The van der Waals surface area contributed by atoms with Gasteiger partial charge < -0.3 is 9.80 Å². The van der Waals surface area contributed by atoms with Crippen LogP contribution in [0.2, 0.25) is 0 Å². The largest absolute Gasteiger partial charge is 0.314 e.